The van der Waals surface area contributed by atoms with Gasteiger partial charge in [0.05, 0.1) is 10.2 Å². The van der Waals surface area contributed by atoms with Gasteiger partial charge in [0.15, 0.2) is 0 Å². The van der Waals surface area contributed by atoms with Gasteiger partial charge in [-0.05, 0) is 24.6 Å². The molecule has 0 aliphatic carbocycles. The molecule has 0 amide bonds. The second-order valence-corrected chi connectivity index (χ2v) is 5.90. The van der Waals surface area contributed by atoms with Crippen LogP contribution in [0.3, 0.4) is 0 Å². The predicted octanol–water partition coefficient (Wildman–Crippen LogP) is 4.97. The molecule has 0 fully saturated rings. The lowest BCUT2D eigenvalue weighted by atomic mass is 10.1. The molecule has 1 aromatic carbocycles. The van der Waals surface area contributed by atoms with Crippen molar-refractivity contribution in [3.05, 3.63) is 45.6 Å². The molecule has 0 unspecified atom stereocenters. The topological polar surface area (TPSA) is 25.8 Å². The Balaban J connectivity index is 2.32. The van der Waals surface area contributed by atoms with E-state index < -0.39 is 0 Å². The number of halogens is 2. The summed E-state index contributed by atoms with van der Waals surface area (Å²) in [5, 5.41) is 1.23. The Kier molecular flexibility index (Phi) is 2.98. The Morgan fingerprint density at radius 3 is 2.50 bits per heavy atom. The van der Waals surface area contributed by atoms with E-state index in [1.165, 1.54) is 11.2 Å². The van der Waals surface area contributed by atoms with E-state index in [1.54, 1.807) is 11.3 Å². The van der Waals surface area contributed by atoms with E-state index in [1.807, 2.05) is 24.3 Å². The highest BCUT2D eigenvalue weighted by atomic mass is 35.5. The average Bonchev–Trinajstić information content (AvgIpc) is 2.69. The summed E-state index contributed by atoms with van der Waals surface area (Å²) in [5.41, 5.74) is 3.11. The molecule has 0 saturated carbocycles. The SMILES string of the molecule is Cc1sc2c(Cl)ncnc2c1-c1ccc(Cl)cc1. The van der Waals surface area contributed by atoms with Crippen LogP contribution < -0.4 is 0 Å². The second-order valence-electron chi connectivity index (χ2n) is 3.88. The van der Waals surface area contributed by atoms with Crippen molar-refractivity contribution in [2.24, 2.45) is 0 Å². The standard InChI is InChI=1S/C13H8Cl2N2S/c1-7-10(8-2-4-9(14)5-3-8)11-12(18-7)13(15)17-6-16-11/h2-6H,1H3. The average molecular weight is 295 g/mol. The first-order valence-electron chi connectivity index (χ1n) is 5.32. The van der Waals surface area contributed by atoms with Crippen LogP contribution in [0.15, 0.2) is 30.6 Å². The van der Waals surface area contributed by atoms with Crippen LogP contribution in [0.5, 0.6) is 0 Å². The fraction of sp³-hybridized carbons (Fsp3) is 0.0769. The van der Waals surface area contributed by atoms with Crippen LogP contribution in [0.4, 0.5) is 0 Å². The number of hydrogen-bond acceptors (Lipinski definition) is 3. The van der Waals surface area contributed by atoms with E-state index >= 15 is 0 Å². The van der Waals surface area contributed by atoms with E-state index in [0.29, 0.717) is 5.15 Å². The van der Waals surface area contributed by atoms with Crippen molar-refractivity contribution in [2.75, 3.05) is 0 Å². The summed E-state index contributed by atoms with van der Waals surface area (Å²) in [6.07, 6.45) is 1.50. The lowest BCUT2D eigenvalue weighted by molar-refractivity contribution is 1.23. The molecule has 2 aromatic heterocycles. The van der Waals surface area contributed by atoms with Crippen LogP contribution in [-0.2, 0) is 0 Å². The second kappa shape index (κ2) is 4.50. The zero-order chi connectivity index (χ0) is 12.7. The minimum Gasteiger partial charge on any atom is -0.235 e. The molecule has 0 saturated heterocycles. The Morgan fingerprint density at radius 2 is 1.78 bits per heavy atom. The Bertz CT molecular complexity index is 720. The third kappa shape index (κ3) is 1.88. The monoisotopic (exact) mass is 294 g/mol. The van der Waals surface area contributed by atoms with Crippen molar-refractivity contribution in [1.29, 1.82) is 0 Å². The summed E-state index contributed by atoms with van der Waals surface area (Å²) in [6, 6.07) is 7.74. The molecular weight excluding hydrogens is 287 g/mol. The molecule has 0 bridgehead atoms. The van der Waals surface area contributed by atoms with Crippen molar-refractivity contribution in [3.63, 3.8) is 0 Å². The number of hydrogen-bond donors (Lipinski definition) is 0. The highest BCUT2D eigenvalue weighted by Crippen LogP contribution is 2.39. The first-order valence-corrected chi connectivity index (χ1v) is 6.89. The zero-order valence-electron chi connectivity index (χ0n) is 9.45. The van der Waals surface area contributed by atoms with Gasteiger partial charge in [0.1, 0.15) is 11.5 Å². The van der Waals surface area contributed by atoms with Crippen LogP contribution in [0.1, 0.15) is 4.88 Å². The van der Waals surface area contributed by atoms with E-state index in [2.05, 4.69) is 16.9 Å². The minimum atomic E-state index is 0.508. The number of fused-ring (bicyclic) bond motifs is 1. The number of benzene rings is 1. The Labute approximate surface area is 118 Å². The molecule has 2 heterocycles. The van der Waals surface area contributed by atoms with Crippen molar-refractivity contribution in [1.82, 2.24) is 9.97 Å². The number of aryl methyl sites for hydroxylation is 1. The maximum Gasteiger partial charge on any atom is 0.150 e. The van der Waals surface area contributed by atoms with Crippen molar-refractivity contribution in [2.45, 2.75) is 6.92 Å². The molecule has 0 N–H and O–H groups in total. The van der Waals surface area contributed by atoms with Gasteiger partial charge in [0.25, 0.3) is 0 Å². The van der Waals surface area contributed by atoms with Crippen LogP contribution in [0, 0.1) is 6.92 Å². The van der Waals surface area contributed by atoms with Crippen LogP contribution in [0.2, 0.25) is 10.2 Å². The minimum absolute atomic E-state index is 0.508. The third-order valence-electron chi connectivity index (χ3n) is 2.74. The summed E-state index contributed by atoms with van der Waals surface area (Å²) in [6.45, 7) is 2.06. The predicted molar refractivity (Wildman–Crippen MR) is 77.6 cm³/mol. The molecule has 3 aromatic rings. The Morgan fingerprint density at radius 1 is 1.06 bits per heavy atom. The van der Waals surface area contributed by atoms with Gasteiger partial charge in [-0.15, -0.1) is 11.3 Å². The van der Waals surface area contributed by atoms with E-state index in [-0.39, 0.29) is 0 Å². The summed E-state index contributed by atoms with van der Waals surface area (Å²) < 4.78 is 0.932. The summed E-state index contributed by atoms with van der Waals surface area (Å²) in [5.74, 6) is 0. The molecule has 0 spiro atoms. The van der Waals surface area contributed by atoms with Gasteiger partial charge in [-0.2, -0.15) is 0 Å². The zero-order valence-corrected chi connectivity index (χ0v) is 11.8. The van der Waals surface area contributed by atoms with E-state index in [4.69, 9.17) is 23.2 Å². The number of aromatic nitrogens is 2. The molecule has 2 nitrogen and oxygen atoms in total. The van der Waals surface area contributed by atoms with Crippen molar-refractivity contribution < 1.29 is 0 Å². The van der Waals surface area contributed by atoms with Gasteiger partial charge >= 0.3 is 0 Å². The number of rotatable bonds is 1. The first kappa shape index (κ1) is 11.9. The van der Waals surface area contributed by atoms with Crippen LogP contribution in [-0.4, -0.2) is 9.97 Å². The quantitative estimate of drug-likeness (QED) is 0.592. The third-order valence-corrected chi connectivity index (χ3v) is 4.49. The lowest BCUT2D eigenvalue weighted by Gasteiger charge is -2.01. The molecule has 0 aliphatic heterocycles. The molecule has 0 atom stereocenters. The summed E-state index contributed by atoms with van der Waals surface area (Å²) >= 11 is 13.6. The van der Waals surface area contributed by atoms with Gasteiger partial charge < -0.3 is 0 Å². The molecule has 3 rings (SSSR count). The van der Waals surface area contributed by atoms with Crippen LogP contribution in [0.25, 0.3) is 21.3 Å². The Hall–Kier alpha value is -1.16. The molecule has 0 radical (unpaired) electrons. The lowest BCUT2D eigenvalue weighted by Crippen LogP contribution is -1.83. The number of thiophene rings is 1. The fourth-order valence-electron chi connectivity index (χ4n) is 1.95. The normalized spacial score (nSPS) is 11.1. The van der Waals surface area contributed by atoms with Crippen molar-refractivity contribution in [3.8, 4) is 11.1 Å². The fourth-order valence-corrected chi connectivity index (χ4v) is 3.33. The first-order chi connectivity index (χ1) is 8.66. The maximum atomic E-state index is 6.09. The summed E-state index contributed by atoms with van der Waals surface area (Å²) in [4.78, 5) is 9.53. The largest absolute Gasteiger partial charge is 0.235 e. The van der Waals surface area contributed by atoms with Gasteiger partial charge in [-0.1, -0.05) is 35.3 Å². The van der Waals surface area contributed by atoms with E-state index in [0.717, 1.165) is 26.4 Å². The number of nitrogens with zero attached hydrogens (tertiary/aromatic N) is 2. The van der Waals surface area contributed by atoms with Crippen LogP contribution >= 0.6 is 34.5 Å². The van der Waals surface area contributed by atoms with Gasteiger partial charge in [0, 0.05) is 15.5 Å². The molecule has 5 heteroatoms. The molecule has 0 aliphatic rings. The van der Waals surface area contributed by atoms with Gasteiger partial charge in [-0.3, -0.25) is 0 Å². The molecule has 18 heavy (non-hydrogen) atoms. The smallest absolute Gasteiger partial charge is 0.150 e. The van der Waals surface area contributed by atoms with Gasteiger partial charge in [-0.25, -0.2) is 9.97 Å². The van der Waals surface area contributed by atoms with Crippen molar-refractivity contribution >= 4 is 44.8 Å². The highest BCUT2D eigenvalue weighted by Gasteiger charge is 2.14. The maximum absolute atomic E-state index is 6.09. The van der Waals surface area contributed by atoms with E-state index in [9.17, 15) is 0 Å². The van der Waals surface area contributed by atoms with Gasteiger partial charge in [0.2, 0.25) is 0 Å². The summed E-state index contributed by atoms with van der Waals surface area (Å²) in [7, 11) is 0. The highest BCUT2D eigenvalue weighted by molar-refractivity contribution is 7.20. The molecule has 90 valence electrons. The molecular formula is C13H8Cl2N2S.